The van der Waals surface area contributed by atoms with Gasteiger partial charge in [0.15, 0.2) is 5.60 Å². The molecule has 3 aromatic carbocycles. The lowest BCUT2D eigenvalue weighted by Crippen LogP contribution is -2.51. The van der Waals surface area contributed by atoms with Gasteiger partial charge in [0.1, 0.15) is 11.5 Å². The van der Waals surface area contributed by atoms with E-state index in [1.54, 1.807) is 28.6 Å². The molecule has 0 bridgehead atoms. The number of likely N-dealkylation sites (N-methyl/N-ethyl adjacent to an activating group) is 1. The number of hydrogen-bond donors (Lipinski definition) is 3. The maximum atomic E-state index is 14.9. The Bertz CT molecular complexity index is 2070. The fraction of sp³-hybridized carbons (Fsp3) is 0.488. The van der Waals surface area contributed by atoms with E-state index in [1.807, 2.05) is 61.7 Å². The molecule has 14 heteroatoms. The fourth-order valence-corrected chi connectivity index (χ4v) is 13.5. The van der Waals surface area contributed by atoms with Crippen molar-refractivity contribution in [2.45, 2.75) is 88.9 Å². The van der Waals surface area contributed by atoms with Crippen LogP contribution in [-0.4, -0.2) is 97.8 Å². The third kappa shape index (κ3) is 7.38. The van der Waals surface area contributed by atoms with Crippen molar-refractivity contribution in [2.75, 3.05) is 50.3 Å². The monoisotopic (exact) mass is 796 g/mol. The van der Waals surface area contributed by atoms with Gasteiger partial charge in [0.25, 0.3) is 5.91 Å². The molecule has 1 fully saturated rings. The molecule has 4 aromatic rings. The Morgan fingerprint density at radius 2 is 1.75 bits per heavy atom. The molecule has 0 saturated carbocycles. The number of fused-ring (bicyclic) bond motifs is 3. The van der Waals surface area contributed by atoms with E-state index in [2.05, 4.69) is 47.8 Å². The number of aliphatic hydroxyl groups is 2. The van der Waals surface area contributed by atoms with E-state index in [0.29, 0.717) is 51.1 Å². The topological polar surface area (TPSA) is 152 Å². The SMILES string of the molecule is CCOc1ccc2c(c1)CC(NCCCCO)C(=O)N2c1ccc2c(c1)[C@@]1(O[C@H](CCn3cc(CCO)nn3)[C@@H]([Si](C)(C)c3ccc(OC)cc3)[C@@H]1C)C(=O)N2C. The normalized spacial score (nSPS) is 23.0. The zero-order valence-corrected chi connectivity index (χ0v) is 34.9. The first-order valence-corrected chi connectivity index (χ1v) is 23.2. The van der Waals surface area contributed by atoms with E-state index < -0.39 is 19.7 Å². The average Bonchev–Trinajstić information content (AvgIpc) is 3.85. The lowest BCUT2D eigenvalue weighted by molar-refractivity contribution is -0.145. The fourth-order valence-electron chi connectivity index (χ4n) is 9.47. The number of unbranched alkanes of at least 4 members (excludes halogenated alkanes) is 1. The van der Waals surface area contributed by atoms with Gasteiger partial charge in [0.2, 0.25) is 5.91 Å². The second-order valence-corrected chi connectivity index (χ2v) is 20.7. The number of benzene rings is 3. The lowest BCUT2D eigenvalue weighted by atomic mass is 9.82. The van der Waals surface area contributed by atoms with Crippen LogP contribution in [0, 0.1) is 5.92 Å². The summed E-state index contributed by atoms with van der Waals surface area (Å²) in [4.78, 5) is 32.9. The van der Waals surface area contributed by atoms with Crippen LogP contribution >= 0.6 is 0 Å². The maximum Gasteiger partial charge on any atom is 0.264 e. The number of aryl methyl sites for hydroxylation is 1. The van der Waals surface area contributed by atoms with Crippen molar-refractivity contribution in [1.29, 1.82) is 0 Å². The molecule has 3 aliphatic heterocycles. The van der Waals surface area contributed by atoms with Crippen LogP contribution < -0.4 is 29.8 Å². The molecule has 7 rings (SSSR count). The van der Waals surface area contributed by atoms with Crippen LogP contribution in [0.5, 0.6) is 11.5 Å². The third-order valence-corrected chi connectivity index (χ3v) is 16.7. The van der Waals surface area contributed by atoms with Crippen LogP contribution in [-0.2, 0) is 39.3 Å². The number of aliphatic hydroxyl groups excluding tert-OH is 2. The Labute approximate surface area is 335 Å². The molecule has 1 saturated heterocycles. The molecular formula is C43H56N6O7Si. The highest BCUT2D eigenvalue weighted by Gasteiger charge is 2.66. The lowest BCUT2D eigenvalue weighted by Gasteiger charge is -2.37. The number of methoxy groups -OCH3 is 1. The van der Waals surface area contributed by atoms with E-state index in [0.717, 1.165) is 46.1 Å². The predicted octanol–water partition coefficient (Wildman–Crippen LogP) is 4.45. The van der Waals surface area contributed by atoms with Gasteiger partial charge in [0.05, 0.1) is 51.0 Å². The zero-order valence-electron chi connectivity index (χ0n) is 33.9. The predicted molar refractivity (Wildman–Crippen MR) is 221 cm³/mol. The first kappa shape index (κ1) is 40.6. The minimum absolute atomic E-state index is 0.00404. The van der Waals surface area contributed by atoms with E-state index in [-0.39, 0.29) is 42.6 Å². The summed E-state index contributed by atoms with van der Waals surface area (Å²) >= 11 is 0. The smallest absolute Gasteiger partial charge is 0.264 e. The second kappa shape index (κ2) is 16.7. The Balaban J connectivity index is 1.30. The molecular weight excluding hydrogens is 741 g/mol. The minimum Gasteiger partial charge on any atom is -0.497 e. The second-order valence-electron chi connectivity index (χ2n) is 16.0. The summed E-state index contributed by atoms with van der Waals surface area (Å²) in [6.07, 6.45) is 4.49. The average molecular weight is 797 g/mol. The van der Waals surface area contributed by atoms with Crippen molar-refractivity contribution < 1.29 is 34.0 Å². The number of amides is 2. The summed E-state index contributed by atoms with van der Waals surface area (Å²) < 4.78 is 20.5. The van der Waals surface area contributed by atoms with Gasteiger partial charge in [-0.2, -0.15) is 0 Å². The van der Waals surface area contributed by atoms with E-state index in [4.69, 9.17) is 14.2 Å². The standard InChI is InChI=1S/C43H56N6O7Si/c1-7-55-33-13-17-37-29(24-33)25-36(44-20-8-9-22-50)41(52)49(37)31-10-16-38-35(26-31)43(42(53)47(38)3)28(2)40(57(5,6)34-14-11-32(54-4)12-15-34)39(56-43)18-21-48-27-30(19-23-51)45-46-48/h10-17,24,26-28,36,39-40,44,50-51H,7-9,18-23,25H2,1-6H3/t28-,36?,39+,40-,43+/m0/s1. The maximum absolute atomic E-state index is 14.9. The highest BCUT2D eigenvalue weighted by Crippen LogP contribution is 2.60. The van der Waals surface area contributed by atoms with Crippen molar-refractivity contribution >= 4 is 42.1 Å². The van der Waals surface area contributed by atoms with E-state index >= 15 is 0 Å². The van der Waals surface area contributed by atoms with Crippen LogP contribution in [0.3, 0.4) is 0 Å². The number of ether oxygens (including phenoxy) is 3. The van der Waals surface area contributed by atoms with Gasteiger partial charge in [-0.1, -0.05) is 42.6 Å². The van der Waals surface area contributed by atoms with Gasteiger partial charge in [0, 0.05) is 56.6 Å². The molecule has 4 heterocycles. The highest BCUT2D eigenvalue weighted by atomic mass is 28.3. The molecule has 5 atom stereocenters. The van der Waals surface area contributed by atoms with Gasteiger partial charge in [-0.15, -0.1) is 5.10 Å². The highest BCUT2D eigenvalue weighted by molar-refractivity contribution is 6.91. The molecule has 57 heavy (non-hydrogen) atoms. The summed E-state index contributed by atoms with van der Waals surface area (Å²) in [5, 5.41) is 32.1. The van der Waals surface area contributed by atoms with Crippen molar-refractivity contribution in [2.24, 2.45) is 5.92 Å². The van der Waals surface area contributed by atoms with Crippen molar-refractivity contribution in [3.8, 4) is 11.5 Å². The molecule has 304 valence electrons. The summed E-state index contributed by atoms with van der Waals surface area (Å²) in [6.45, 7) is 10.6. The number of nitrogens with zero attached hydrogens (tertiary/aromatic N) is 5. The number of carbonyl (C=O) groups excluding carboxylic acids is 2. The van der Waals surface area contributed by atoms with Crippen molar-refractivity contribution in [1.82, 2.24) is 20.3 Å². The van der Waals surface area contributed by atoms with Crippen LogP contribution in [0.15, 0.2) is 66.9 Å². The molecule has 1 aromatic heterocycles. The van der Waals surface area contributed by atoms with Crippen molar-refractivity contribution in [3.05, 3.63) is 83.7 Å². The Morgan fingerprint density at radius 3 is 2.47 bits per heavy atom. The Hall–Kier alpha value is -4.60. The van der Waals surface area contributed by atoms with E-state index in [9.17, 15) is 19.8 Å². The van der Waals surface area contributed by atoms with Gasteiger partial charge in [-0.05, 0) is 98.8 Å². The quantitative estimate of drug-likeness (QED) is 0.110. The van der Waals surface area contributed by atoms with Gasteiger partial charge < -0.3 is 34.6 Å². The first-order valence-electron chi connectivity index (χ1n) is 20.2. The third-order valence-electron chi connectivity index (χ3n) is 12.3. The Kier molecular flexibility index (Phi) is 11.9. The summed E-state index contributed by atoms with van der Waals surface area (Å²) in [5.41, 5.74) is 3.39. The summed E-state index contributed by atoms with van der Waals surface area (Å²) in [5.74, 6) is 1.11. The summed E-state index contributed by atoms with van der Waals surface area (Å²) in [6, 6.07) is 19.5. The molecule has 3 N–H and O–H groups in total. The number of nitrogens with one attached hydrogen (secondary N) is 1. The molecule has 1 spiro atoms. The number of carbonyl (C=O) groups is 2. The van der Waals surface area contributed by atoms with Crippen LogP contribution in [0.4, 0.5) is 17.1 Å². The van der Waals surface area contributed by atoms with Gasteiger partial charge >= 0.3 is 0 Å². The van der Waals surface area contributed by atoms with Crippen LogP contribution in [0.25, 0.3) is 0 Å². The number of hydrogen-bond acceptors (Lipinski definition) is 10. The molecule has 1 unspecified atom stereocenters. The molecule has 0 radical (unpaired) electrons. The zero-order chi connectivity index (χ0) is 40.5. The van der Waals surface area contributed by atoms with Gasteiger partial charge in [-0.25, -0.2) is 0 Å². The first-order chi connectivity index (χ1) is 27.5. The van der Waals surface area contributed by atoms with E-state index in [1.165, 1.54) is 5.19 Å². The summed E-state index contributed by atoms with van der Waals surface area (Å²) in [7, 11) is 1.08. The van der Waals surface area contributed by atoms with Crippen LogP contribution in [0.2, 0.25) is 18.6 Å². The Morgan fingerprint density at radius 1 is 1.00 bits per heavy atom. The number of aromatic nitrogens is 3. The van der Waals surface area contributed by atoms with Crippen molar-refractivity contribution in [3.63, 3.8) is 0 Å². The molecule has 0 aliphatic carbocycles. The largest absolute Gasteiger partial charge is 0.497 e. The van der Waals surface area contributed by atoms with Gasteiger partial charge in [-0.3, -0.25) is 19.2 Å². The number of rotatable bonds is 16. The molecule has 3 aliphatic rings. The minimum atomic E-state index is -2.39. The molecule has 2 amide bonds. The number of anilines is 3. The molecule has 13 nitrogen and oxygen atoms in total. The van der Waals surface area contributed by atoms with Crippen LogP contribution in [0.1, 0.15) is 49.9 Å².